The molecule has 7 heteroatoms. The maximum atomic E-state index is 11.9. The number of ether oxygens (including phenoxy) is 1. The first-order valence-electron chi connectivity index (χ1n) is 7.06. The lowest BCUT2D eigenvalue weighted by molar-refractivity contribution is -0.124. The number of carbonyl (C=O) groups is 2. The molecule has 2 aromatic rings. The predicted octanol–water partition coefficient (Wildman–Crippen LogP) is 3.33. The van der Waals surface area contributed by atoms with Crippen molar-refractivity contribution >= 4 is 34.6 Å². The van der Waals surface area contributed by atoms with Gasteiger partial charge in [-0.2, -0.15) is 0 Å². The van der Waals surface area contributed by atoms with Crippen LogP contribution in [0.2, 0.25) is 0 Å². The van der Waals surface area contributed by atoms with Crippen LogP contribution >= 0.6 is 22.7 Å². The van der Waals surface area contributed by atoms with Gasteiger partial charge in [-0.15, -0.1) is 22.7 Å². The van der Waals surface area contributed by atoms with Crippen molar-refractivity contribution in [1.82, 2.24) is 10.3 Å². The number of aromatic nitrogens is 1. The van der Waals surface area contributed by atoms with E-state index in [1.807, 2.05) is 24.4 Å². The molecule has 2 aromatic heterocycles. The number of nitrogens with one attached hydrogen (secondary N) is 1. The zero-order chi connectivity index (χ0) is 15.9. The minimum Gasteiger partial charge on any atom is -0.451 e. The van der Waals surface area contributed by atoms with Gasteiger partial charge in [0.15, 0.2) is 12.3 Å². The largest absolute Gasteiger partial charge is 0.451 e. The first kappa shape index (κ1) is 16.6. The topological polar surface area (TPSA) is 68.3 Å². The van der Waals surface area contributed by atoms with Crippen LogP contribution in [0.25, 0.3) is 9.88 Å². The molecule has 0 spiro atoms. The van der Waals surface area contributed by atoms with Gasteiger partial charge in [0, 0.05) is 11.4 Å². The monoisotopic (exact) mass is 338 g/mol. The average Bonchev–Trinajstić information content (AvgIpc) is 3.15. The first-order valence-corrected chi connectivity index (χ1v) is 8.82. The van der Waals surface area contributed by atoms with Crippen molar-refractivity contribution in [1.29, 1.82) is 0 Å². The summed E-state index contributed by atoms with van der Waals surface area (Å²) < 4.78 is 5.00. The first-order chi connectivity index (χ1) is 10.6. The van der Waals surface area contributed by atoms with E-state index in [0.29, 0.717) is 0 Å². The minimum atomic E-state index is -0.572. The van der Waals surface area contributed by atoms with Crippen molar-refractivity contribution in [2.45, 2.75) is 32.7 Å². The van der Waals surface area contributed by atoms with E-state index < -0.39 is 5.97 Å². The number of rotatable bonds is 7. The average molecular weight is 338 g/mol. The third-order valence-corrected chi connectivity index (χ3v) is 4.79. The highest BCUT2D eigenvalue weighted by atomic mass is 32.1. The summed E-state index contributed by atoms with van der Waals surface area (Å²) in [5.74, 6) is -0.861. The Bertz CT molecular complexity index is 623. The fourth-order valence-corrected chi connectivity index (χ4v) is 3.51. The van der Waals surface area contributed by atoms with Crippen LogP contribution in [0.5, 0.6) is 0 Å². The fraction of sp³-hybridized carbons (Fsp3) is 0.400. The maximum Gasteiger partial charge on any atom is 0.358 e. The Morgan fingerprint density at radius 2 is 2.23 bits per heavy atom. The van der Waals surface area contributed by atoms with Crippen LogP contribution in [0.1, 0.15) is 37.2 Å². The SMILES string of the molecule is CCC[C@H](C)NC(=O)COC(=O)c1csc(-c2cccs2)n1. The lowest BCUT2D eigenvalue weighted by Crippen LogP contribution is -2.35. The molecule has 2 heterocycles. The smallest absolute Gasteiger partial charge is 0.358 e. The number of carbonyl (C=O) groups excluding carboxylic acids is 2. The number of thiophene rings is 1. The molecule has 22 heavy (non-hydrogen) atoms. The Morgan fingerprint density at radius 3 is 2.91 bits per heavy atom. The van der Waals surface area contributed by atoms with Crippen LogP contribution < -0.4 is 5.32 Å². The van der Waals surface area contributed by atoms with Crippen molar-refractivity contribution in [3.05, 3.63) is 28.6 Å². The number of esters is 1. The Kier molecular flexibility index (Phi) is 6.09. The molecule has 118 valence electrons. The van der Waals surface area contributed by atoms with E-state index in [1.165, 1.54) is 11.3 Å². The molecule has 0 aliphatic carbocycles. The molecule has 0 radical (unpaired) electrons. The highest BCUT2D eigenvalue weighted by molar-refractivity contribution is 7.20. The third kappa shape index (κ3) is 4.64. The standard InChI is InChI=1S/C15H18N2O3S2/c1-3-5-10(2)16-13(18)8-20-15(19)11-9-22-14(17-11)12-6-4-7-21-12/h4,6-7,9-10H,3,5,8H2,1-2H3,(H,16,18)/t10-/m0/s1. The predicted molar refractivity (Wildman–Crippen MR) is 88.2 cm³/mol. The quantitative estimate of drug-likeness (QED) is 0.786. The van der Waals surface area contributed by atoms with E-state index in [0.717, 1.165) is 22.7 Å². The Labute approximate surface area is 137 Å². The van der Waals surface area contributed by atoms with Gasteiger partial charge in [-0.3, -0.25) is 4.79 Å². The van der Waals surface area contributed by atoms with Crippen LogP contribution in [-0.4, -0.2) is 29.5 Å². The lowest BCUT2D eigenvalue weighted by atomic mass is 10.2. The van der Waals surface area contributed by atoms with Crippen LogP contribution in [0.15, 0.2) is 22.9 Å². The second kappa shape index (κ2) is 8.05. The summed E-state index contributed by atoms with van der Waals surface area (Å²) in [6, 6.07) is 3.96. The van der Waals surface area contributed by atoms with Gasteiger partial charge in [-0.25, -0.2) is 9.78 Å². The molecule has 2 rings (SSSR count). The second-order valence-electron chi connectivity index (χ2n) is 4.85. The second-order valence-corrected chi connectivity index (χ2v) is 6.65. The van der Waals surface area contributed by atoms with Crippen molar-refractivity contribution < 1.29 is 14.3 Å². The van der Waals surface area contributed by atoms with E-state index in [9.17, 15) is 9.59 Å². The molecule has 5 nitrogen and oxygen atoms in total. The summed E-state index contributed by atoms with van der Waals surface area (Å²) in [6.07, 6.45) is 1.89. The lowest BCUT2D eigenvalue weighted by Gasteiger charge is -2.12. The van der Waals surface area contributed by atoms with Gasteiger partial charge in [0.05, 0.1) is 4.88 Å². The van der Waals surface area contributed by atoms with Crippen LogP contribution in [0.3, 0.4) is 0 Å². The molecule has 0 aliphatic heterocycles. The Balaban J connectivity index is 1.84. The molecule has 1 amide bonds. The highest BCUT2D eigenvalue weighted by Gasteiger charge is 2.15. The molecule has 0 fully saturated rings. The van der Waals surface area contributed by atoms with Gasteiger partial charge < -0.3 is 10.1 Å². The van der Waals surface area contributed by atoms with E-state index in [4.69, 9.17) is 4.74 Å². The number of nitrogens with zero attached hydrogens (tertiary/aromatic N) is 1. The molecular weight excluding hydrogens is 320 g/mol. The van der Waals surface area contributed by atoms with Crippen molar-refractivity contribution in [3.63, 3.8) is 0 Å². The summed E-state index contributed by atoms with van der Waals surface area (Å²) in [7, 11) is 0. The Hall–Kier alpha value is -1.73. The van der Waals surface area contributed by atoms with Gasteiger partial charge in [0.25, 0.3) is 5.91 Å². The Morgan fingerprint density at radius 1 is 1.41 bits per heavy atom. The molecule has 0 aliphatic rings. The highest BCUT2D eigenvalue weighted by Crippen LogP contribution is 2.27. The van der Waals surface area contributed by atoms with Gasteiger partial charge in [-0.1, -0.05) is 19.4 Å². The third-order valence-electron chi connectivity index (χ3n) is 2.91. The number of thiazole rings is 1. The summed E-state index contributed by atoms with van der Waals surface area (Å²) in [5, 5.41) is 7.17. The molecule has 1 atom stereocenters. The molecule has 0 aromatic carbocycles. The normalized spacial score (nSPS) is 11.9. The van der Waals surface area contributed by atoms with Crippen molar-refractivity contribution in [2.75, 3.05) is 6.61 Å². The van der Waals surface area contributed by atoms with E-state index in [-0.39, 0.29) is 24.2 Å². The van der Waals surface area contributed by atoms with Crippen molar-refractivity contribution in [2.24, 2.45) is 0 Å². The van der Waals surface area contributed by atoms with E-state index >= 15 is 0 Å². The number of hydrogen-bond donors (Lipinski definition) is 1. The van der Waals surface area contributed by atoms with Gasteiger partial charge in [0.2, 0.25) is 0 Å². The number of amides is 1. The summed E-state index contributed by atoms with van der Waals surface area (Å²) >= 11 is 2.95. The van der Waals surface area contributed by atoms with Gasteiger partial charge in [-0.05, 0) is 24.8 Å². The van der Waals surface area contributed by atoms with Gasteiger partial charge >= 0.3 is 5.97 Å². The van der Waals surface area contributed by atoms with E-state index in [2.05, 4.69) is 17.2 Å². The number of hydrogen-bond acceptors (Lipinski definition) is 6. The van der Waals surface area contributed by atoms with Crippen molar-refractivity contribution in [3.8, 4) is 9.88 Å². The maximum absolute atomic E-state index is 11.9. The van der Waals surface area contributed by atoms with Crippen LogP contribution in [0.4, 0.5) is 0 Å². The summed E-state index contributed by atoms with van der Waals surface area (Å²) in [4.78, 5) is 28.8. The molecule has 0 saturated carbocycles. The summed E-state index contributed by atoms with van der Waals surface area (Å²) in [6.45, 7) is 3.70. The summed E-state index contributed by atoms with van der Waals surface area (Å²) in [5.41, 5.74) is 0.239. The molecule has 1 N–H and O–H groups in total. The molecule has 0 bridgehead atoms. The molecular formula is C15H18N2O3S2. The molecule has 0 unspecified atom stereocenters. The van der Waals surface area contributed by atoms with Gasteiger partial charge in [0.1, 0.15) is 5.01 Å². The van der Waals surface area contributed by atoms with E-state index in [1.54, 1.807) is 16.7 Å². The minimum absolute atomic E-state index is 0.0842. The molecule has 0 saturated heterocycles. The zero-order valence-corrected chi connectivity index (χ0v) is 14.1. The van der Waals surface area contributed by atoms with Crippen LogP contribution in [0, 0.1) is 0 Å². The zero-order valence-electron chi connectivity index (χ0n) is 12.5. The van der Waals surface area contributed by atoms with Crippen LogP contribution in [-0.2, 0) is 9.53 Å². The fourth-order valence-electron chi connectivity index (χ4n) is 1.91.